The third-order valence-corrected chi connectivity index (χ3v) is 1.66. The van der Waals surface area contributed by atoms with Crippen LogP contribution in [0.25, 0.3) is 0 Å². The van der Waals surface area contributed by atoms with Gasteiger partial charge in [-0.05, 0) is 6.42 Å². The van der Waals surface area contributed by atoms with Crippen LogP contribution in [0.15, 0.2) is 6.20 Å². The second-order valence-corrected chi connectivity index (χ2v) is 2.63. The summed E-state index contributed by atoms with van der Waals surface area (Å²) in [7, 11) is 0. The Hall–Kier alpha value is -1.92. The number of H-pyrrole nitrogens is 1. The Kier molecular flexibility index (Phi) is 3.16. The predicted octanol–water partition coefficient (Wildman–Crippen LogP) is -0.602. The largest absolute Gasteiger partial charge is 0.480 e. The number of carboxylic acids is 1. The summed E-state index contributed by atoms with van der Waals surface area (Å²) < 4.78 is 0. The van der Waals surface area contributed by atoms with Crippen LogP contribution in [0.4, 0.5) is 0 Å². The molecule has 1 aromatic rings. The molecule has 0 saturated carbocycles. The van der Waals surface area contributed by atoms with E-state index in [1.807, 2.05) is 0 Å². The molecule has 76 valence electrons. The zero-order valence-electron chi connectivity index (χ0n) is 7.52. The standard InChI is InChI=1S/C7H10N4O3/c1-2-4(7(13)14)9-6(12)5-3-8-11-10-5/h3-4H,2H2,1H3,(H,9,12)(H,13,14)(H,8,10,11)/t4-/m1/s1. The van der Waals surface area contributed by atoms with Gasteiger partial charge in [0.2, 0.25) is 0 Å². The number of hydrogen-bond donors (Lipinski definition) is 3. The fraction of sp³-hybridized carbons (Fsp3) is 0.429. The summed E-state index contributed by atoms with van der Waals surface area (Å²) in [6, 6.07) is -0.890. The Labute approximate surface area is 79.5 Å². The van der Waals surface area contributed by atoms with E-state index in [0.717, 1.165) is 0 Å². The van der Waals surface area contributed by atoms with Gasteiger partial charge in [0, 0.05) is 0 Å². The Morgan fingerprint density at radius 3 is 2.86 bits per heavy atom. The first kappa shape index (κ1) is 10.2. The Morgan fingerprint density at radius 1 is 1.71 bits per heavy atom. The maximum absolute atomic E-state index is 11.3. The Bertz CT molecular complexity index is 322. The Morgan fingerprint density at radius 2 is 2.43 bits per heavy atom. The first-order valence-corrected chi connectivity index (χ1v) is 4.04. The molecule has 1 rings (SSSR count). The molecule has 1 atom stereocenters. The van der Waals surface area contributed by atoms with Gasteiger partial charge in [0.05, 0.1) is 6.20 Å². The summed E-state index contributed by atoms with van der Waals surface area (Å²) in [5.41, 5.74) is 0.0738. The van der Waals surface area contributed by atoms with Crippen molar-refractivity contribution >= 4 is 11.9 Å². The van der Waals surface area contributed by atoms with Crippen LogP contribution in [-0.2, 0) is 4.79 Å². The van der Waals surface area contributed by atoms with Gasteiger partial charge >= 0.3 is 5.97 Å². The highest BCUT2D eigenvalue weighted by molar-refractivity contribution is 5.94. The average Bonchev–Trinajstić information content (AvgIpc) is 2.65. The van der Waals surface area contributed by atoms with Gasteiger partial charge in [-0.15, -0.1) is 0 Å². The zero-order chi connectivity index (χ0) is 10.6. The molecule has 1 heterocycles. The number of carbonyl (C=O) groups is 2. The molecule has 1 amide bonds. The van der Waals surface area contributed by atoms with Crippen LogP contribution in [0.1, 0.15) is 23.8 Å². The van der Waals surface area contributed by atoms with Gasteiger partial charge in [-0.1, -0.05) is 6.92 Å². The van der Waals surface area contributed by atoms with Crippen LogP contribution in [0, 0.1) is 0 Å². The summed E-state index contributed by atoms with van der Waals surface area (Å²) in [6.45, 7) is 1.67. The second-order valence-electron chi connectivity index (χ2n) is 2.63. The minimum Gasteiger partial charge on any atom is -0.480 e. The van der Waals surface area contributed by atoms with Crippen molar-refractivity contribution in [2.75, 3.05) is 0 Å². The lowest BCUT2D eigenvalue weighted by atomic mass is 10.2. The van der Waals surface area contributed by atoms with E-state index in [1.165, 1.54) is 6.20 Å². The molecule has 0 spiro atoms. The highest BCUT2D eigenvalue weighted by atomic mass is 16.4. The molecule has 3 N–H and O–H groups in total. The van der Waals surface area contributed by atoms with Crippen LogP contribution >= 0.6 is 0 Å². The monoisotopic (exact) mass is 198 g/mol. The van der Waals surface area contributed by atoms with Gasteiger partial charge in [-0.2, -0.15) is 15.4 Å². The number of aromatic nitrogens is 3. The lowest BCUT2D eigenvalue weighted by Gasteiger charge is -2.10. The van der Waals surface area contributed by atoms with Gasteiger partial charge in [0.25, 0.3) is 5.91 Å². The van der Waals surface area contributed by atoms with E-state index in [1.54, 1.807) is 6.92 Å². The van der Waals surface area contributed by atoms with Crippen molar-refractivity contribution in [3.63, 3.8) is 0 Å². The molecule has 7 heteroatoms. The first-order valence-electron chi connectivity index (χ1n) is 4.04. The van der Waals surface area contributed by atoms with Crippen molar-refractivity contribution in [3.8, 4) is 0 Å². The quantitative estimate of drug-likeness (QED) is 0.598. The summed E-state index contributed by atoms with van der Waals surface area (Å²) in [6.07, 6.45) is 1.54. The number of carbonyl (C=O) groups excluding carboxylic acids is 1. The molecule has 0 aliphatic heterocycles. The van der Waals surface area contributed by atoms with Crippen LogP contribution in [-0.4, -0.2) is 38.4 Å². The lowest BCUT2D eigenvalue weighted by molar-refractivity contribution is -0.139. The van der Waals surface area contributed by atoms with E-state index in [0.29, 0.717) is 6.42 Å². The van der Waals surface area contributed by atoms with Crippen molar-refractivity contribution in [2.24, 2.45) is 0 Å². The van der Waals surface area contributed by atoms with Gasteiger partial charge < -0.3 is 10.4 Å². The molecule has 0 radical (unpaired) electrons. The van der Waals surface area contributed by atoms with Crippen molar-refractivity contribution in [3.05, 3.63) is 11.9 Å². The van der Waals surface area contributed by atoms with Crippen LogP contribution in [0.5, 0.6) is 0 Å². The smallest absolute Gasteiger partial charge is 0.326 e. The third kappa shape index (κ3) is 2.28. The highest BCUT2D eigenvalue weighted by Gasteiger charge is 2.19. The number of nitrogens with zero attached hydrogens (tertiary/aromatic N) is 2. The molecule has 0 fully saturated rings. The first-order chi connectivity index (χ1) is 6.65. The van der Waals surface area contributed by atoms with Gasteiger partial charge in [-0.3, -0.25) is 4.79 Å². The summed E-state index contributed by atoms with van der Waals surface area (Å²) in [4.78, 5) is 21.9. The third-order valence-electron chi connectivity index (χ3n) is 1.66. The molecule has 0 aliphatic rings. The summed E-state index contributed by atoms with van der Waals surface area (Å²) >= 11 is 0. The maximum Gasteiger partial charge on any atom is 0.326 e. The number of amides is 1. The van der Waals surface area contributed by atoms with Gasteiger partial charge in [-0.25, -0.2) is 4.79 Å². The number of aliphatic carboxylic acids is 1. The van der Waals surface area contributed by atoms with Crippen molar-refractivity contribution in [2.45, 2.75) is 19.4 Å². The summed E-state index contributed by atoms with van der Waals surface area (Å²) in [5.74, 6) is -1.61. The average molecular weight is 198 g/mol. The number of aromatic amines is 1. The van der Waals surface area contributed by atoms with Crippen LogP contribution < -0.4 is 5.32 Å². The summed E-state index contributed by atoms with van der Waals surface area (Å²) in [5, 5.41) is 20.2. The second kappa shape index (κ2) is 4.35. The molecule has 0 bridgehead atoms. The topological polar surface area (TPSA) is 108 Å². The molecule has 1 aromatic heterocycles. The SMILES string of the molecule is CC[C@@H](NC(=O)c1cn[nH]n1)C(=O)O. The van der Waals surface area contributed by atoms with E-state index in [-0.39, 0.29) is 5.69 Å². The lowest BCUT2D eigenvalue weighted by Crippen LogP contribution is -2.40. The van der Waals surface area contributed by atoms with Crippen LogP contribution in [0.2, 0.25) is 0 Å². The minimum absolute atomic E-state index is 0.0738. The normalized spacial score (nSPS) is 12.1. The zero-order valence-corrected chi connectivity index (χ0v) is 7.52. The fourth-order valence-corrected chi connectivity index (χ4v) is 0.882. The molecule has 7 nitrogen and oxygen atoms in total. The fourth-order valence-electron chi connectivity index (χ4n) is 0.882. The number of rotatable bonds is 4. The van der Waals surface area contributed by atoms with Crippen molar-refractivity contribution in [1.29, 1.82) is 0 Å². The molecule has 0 aliphatic carbocycles. The van der Waals surface area contributed by atoms with Gasteiger partial charge in [0.15, 0.2) is 5.69 Å². The number of nitrogens with one attached hydrogen (secondary N) is 2. The molecule has 0 saturated heterocycles. The molecule has 0 aromatic carbocycles. The highest BCUT2D eigenvalue weighted by Crippen LogP contribution is 1.94. The van der Waals surface area contributed by atoms with E-state index < -0.39 is 17.9 Å². The number of hydrogen-bond acceptors (Lipinski definition) is 4. The van der Waals surface area contributed by atoms with E-state index in [4.69, 9.17) is 5.11 Å². The van der Waals surface area contributed by atoms with Crippen LogP contribution in [0.3, 0.4) is 0 Å². The van der Waals surface area contributed by atoms with E-state index >= 15 is 0 Å². The molecular weight excluding hydrogens is 188 g/mol. The minimum atomic E-state index is -1.07. The van der Waals surface area contributed by atoms with Crippen molar-refractivity contribution < 1.29 is 14.7 Å². The van der Waals surface area contributed by atoms with Gasteiger partial charge in [0.1, 0.15) is 6.04 Å². The molecule has 0 unspecified atom stereocenters. The Balaban J connectivity index is 2.60. The number of carboxylic acid groups (broad SMARTS) is 1. The predicted molar refractivity (Wildman–Crippen MR) is 45.6 cm³/mol. The van der Waals surface area contributed by atoms with E-state index in [2.05, 4.69) is 20.7 Å². The van der Waals surface area contributed by atoms with Crippen molar-refractivity contribution in [1.82, 2.24) is 20.7 Å². The maximum atomic E-state index is 11.3. The molecular formula is C7H10N4O3. The molecule has 14 heavy (non-hydrogen) atoms. The van der Waals surface area contributed by atoms with E-state index in [9.17, 15) is 9.59 Å².